The largest absolute Gasteiger partial charge is 0.573 e. The van der Waals surface area contributed by atoms with E-state index in [4.69, 9.17) is 4.84 Å². The maximum absolute atomic E-state index is 12.0. The summed E-state index contributed by atoms with van der Waals surface area (Å²) in [6.07, 6.45) is -4.16. The van der Waals surface area contributed by atoms with Gasteiger partial charge in [0.1, 0.15) is 12.4 Å². The topological polar surface area (TPSA) is 59.9 Å². The average Bonchev–Trinajstić information content (AvgIpc) is 2.82. The van der Waals surface area contributed by atoms with Gasteiger partial charge in [-0.05, 0) is 17.7 Å². The number of hydrogen-bond acceptors (Lipinski definition) is 4. The maximum Gasteiger partial charge on any atom is 0.573 e. The van der Waals surface area contributed by atoms with Crippen LogP contribution in [0, 0.1) is 0 Å². The van der Waals surface area contributed by atoms with Crippen LogP contribution >= 0.6 is 0 Å². The van der Waals surface area contributed by atoms with E-state index in [1.165, 1.54) is 12.1 Å². The molecule has 0 aromatic heterocycles. The number of alkyl halides is 3. The van der Waals surface area contributed by atoms with Gasteiger partial charge < -0.3 is 14.9 Å². The monoisotopic (exact) mass is 288 g/mol. The fourth-order valence-corrected chi connectivity index (χ4v) is 1.60. The van der Waals surface area contributed by atoms with Gasteiger partial charge in [-0.15, -0.1) is 13.2 Å². The molecule has 1 aliphatic heterocycles. The molecule has 0 saturated heterocycles. The highest BCUT2D eigenvalue weighted by Gasteiger charge is 2.30. The number of ether oxygens (including phenoxy) is 1. The van der Waals surface area contributed by atoms with E-state index in [1.807, 2.05) is 0 Å². The molecule has 1 aromatic rings. The molecule has 0 aliphatic carbocycles. The molecular weight excluding hydrogens is 277 g/mol. The van der Waals surface area contributed by atoms with E-state index in [0.717, 1.165) is 12.1 Å². The molecule has 108 valence electrons. The molecule has 2 rings (SSSR count). The average molecular weight is 288 g/mol. The van der Waals surface area contributed by atoms with Gasteiger partial charge in [0.2, 0.25) is 5.91 Å². The lowest BCUT2D eigenvalue weighted by molar-refractivity contribution is -0.274. The Morgan fingerprint density at radius 2 is 2.05 bits per heavy atom. The van der Waals surface area contributed by atoms with Crippen molar-refractivity contribution in [2.75, 3.05) is 6.61 Å². The molecule has 0 saturated carbocycles. The van der Waals surface area contributed by atoms with Gasteiger partial charge in [0.15, 0.2) is 5.84 Å². The fourth-order valence-electron chi connectivity index (χ4n) is 1.60. The molecule has 5 nitrogen and oxygen atoms in total. The summed E-state index contributed by atoms with van der Waals surface area (Å²) in [6, 6.07) is 5.11. The first-order valence-electron chi connectivity index (χ1n) is 5.76. The zero-order valence-corrected chi connectivity index (χ0v) is 10.2. The smallest absolute Gasteiger partial charge is 0.406 e. The Morgan fingerprint density at radius 1 is 1.35 bits per heavy atom. The van der Waals surface area contributed by atoms with Crippen molar-refractivity contribution >= 4 is 11.7 Å². The molecule has 1 heterocycles. The fraction of sp³-hybridized carbons (Fsp3) is 0.333. The number of amides is 1. The van der Waals surface area contributed by atoms with Crippen LogP contribution < -0.4 is 10.1 Å². The second kappa shape index (κ2) is 5.81. The standard InChI is InChI=1S/C12H11F3N2O3/c13-12(14,15)20-9-3-1-8(2-4-9)7-11(18)16-10-5-6-19-17-10/h1-4H,5-7H2,(H,16,17,18). The maximum atomic E-state index is 12.0. The zero-order valence-electron chi connectivity index (χ0n) is 10.2. The molecule has 0 atom stereocenters. The summed E-state index contributed by atoms with van der Waals surface area (Å²) in [4.78, 5) is 16.3. The summed E-state index contributed by atoms with van der Waals surface area (Å²) >= 11 is 0. The van der Waals surface area contributed by atoms with E-state index in [0.29, 0.717) is 24.4 Å². The Bertz CT molecular complexity index is 512. The van der Waals surface area contributed by atoms with Gasteiger partial charge in [-0.3, -0.25) is 4.79 Å². The third kappa shape index (κ3) is 4.45. The van der Waals surface area contributed by atoms with Crippen molar-refractivity contribution in [3.63, 3.8) is 0 Å². The van der Waals surface area contributed by atoms with E-state index >= 15 is 0 Å². The molecular formula is C12H11F3N2O3. The SMILES string of the molecule is O=C(Cc1ccc(OC(F)(F)F)cc1)NC1=NOCC1. The minimum absolute atomic E-state index is 0.0331. The molecule has 0 radical (unpaired) electrons. The minimum Gasteiger partial charge on any atom is -0.406 e. The normalized spacial score (nSPS) is 14.4. The van der Waals surface area contributed by atoms with Gasteiger partial charge >= 0.3 is 6.36 Å². The lowest BCUT2D eigenvalue weighted by Gasteiger charge is -2.09. The van der Waals surface area contributed by atoms with Crippen LogP contribution in [-0.2, 0) is 16.1 Å². The molecule has 1 N–H and O–H groups in total. The Morgan fingerprint density at radius 3 is 2.60 bits per heavy atom. The Kier molecular flexibility index (Phi) is 4.11. The molecule has 8 heteroatoms. The van der Waals surface area contributed by atoms with Crippen molar-refractivity contribution in [1.82, 2.24) is 5.32 Å². The molecule has 1 aromatic carbocycles. The quantitative estimate of drug-likeness (QED) is 0.925. The van der Waals surface area contributed by atoms with Gasteiger partial charge in [0, 0.05) is 6.42 Å². The van der Waals surface area contributed by atoms with Gasteiger partial charge in [-0.1, -0.05) is 17.3 Å². The van der Waals surface area contributed by atoms with Gasteiger partial charge in [0.25, 0.3) is 0 Å². The van der Waals surface area contributed by atoms with Crippen LogP contribution in [0.15, 0.2) is 29.4 Å². The van der Waals surface area contributed by atoms with E-state index in [1.54, 1.807) is 0 Å². The molecule has 1 amide bonds. The zero-order chi connectivity index (χ0) is 14.6. The number of amidine groups is 1. The lowest BCUT2D eigenvalue weighted by Crippen LogP contribution is -2.30. The minimum atomic E-state index is -4.72. The molecule has 0 fully saturated rings. The number of nitrogens with one attached hydrogen (secondary N) is 1. The van der Waals surface area contributed by atoms with Crippen LogP contribution in [0.5, 0.6) is 5.75 Å². The number of rotatable bonds is 3. The van der Waals surface area contributed by atoms with Crippen molar-refractivity contribution in [3.8, 4) is 5.75 Å². The summed E-state index contributed by atoms with van der Waals surface area (Å²) in [5, 5.41) is 6.17. The first-order chi connectivity index (χ1) is 9.42. The van der Waals surface area contributed by atoms with E-state index in [2.05, 4.69) is 15.2 Å². The lowest BCUT2D eigenvalue weighted by atomic mass is 10.1. The summed E-state index contributed by atoms with van der Waals surface area (Å²) in [5.41, 5.74) is 0.566. The third-order valence-corrected chi connectivity index (χ3v) is 2.41. The highest BCUT2D eigenvalue weighted by atomic mass is 19.4. The molecule has 20 heavy (non-hydrogen) atoms. The van der Waals surface area contributed by atoms with Crippen LogP contribution in [0.1, 0.15) is 12.0 Å². The van der Waals surface area contributed by atoms with Crippen LogP contribution in [0.3, 0.4) is 0 Å². The number of nitrogens with zero attached hydrogens (tertiary/aromatic N) is 1. The number of halogens is 3. The Hall–Kier alpha value is -2.25. The first kappa shape index (κ1) is 14.2. The summed E-state index contributed by atoms with van der Waals surface area (Å²) in [6.45, 7) is 0.430. The number of carbonyl (C=O) groups is 1. The number of benzene rings is 1. The second-order valence-corrected chi connectivity index (χ2v) is 4.04. The summed E-state index contributed by atoms with van der Waals surface area (Å²) < 4.78 is 39.6. The van der Waals surface area contributed by atoms with Gasteiger partial charge in [-0.25, -0.2) is 0 Å². The van der Waals surface area contributed by atoms with Crippen LogP contribution in [0.25, 0.3) is 0 Å². The third-order valence-electron chi connectivity index (χ3n) is 2.41. The molecule has 1 aliphatic rings. The van der Waals surface area contributed by atoms with Crippen LogP contribution in [0.4, 0.5) is 13.2 Å². The van der Waals surface area contributed by atoms with Crippen molar-refractivity contribution in [2.24, 2.45) is 5.16 Å². The number of hydrogen-bond donors (Lipinski definition) is 1. The molecule has 0 unspecified atom stereocenters. The Labute approximate surface area is 112 Å². The van der Waals surface area contributed by atoms with E-state index < -0.39 is 6.36 Å². The van der Waals surface area contributed by atoms with Crippen molar-refractivity contribution < 1.29 is 27.5 Å². The molecule has 0 bridgehead atoms. The van der Waals surface area contributed by atoms with Gasteiger partial charge in [0.05, 0.1) is 6.42 Å². The summed E-state index contributed by atoms with van der Waals surface area (Å²) in [5.74, 6) is -0.180. The van der Waals surface area contributed by atoms with Crippen LogP contribution in [0.2, 0.25) is 0 Å². The van der Waals surface area contributed by atoms with Crippen LogP contribution in [-0.4, -0.2) is 24.7 Å². The highest BCUT2D eigenvalue weighted by molar-refractivity contribution is 5.99. The predicted octanol–water partition coefficient (Wildman–Crippen LogP) is 1.98. The van der Waals surface area contributed by atoms with E-state index in [9.17, 15) is 18.0 Å². The van der Waals surface area contributed by atoms with Gasteiger partial charge in [-0.2, -0.15) is 0 Å². The van der Waals surface area contributed by atoms with Crippen molar-refractivity contribution in [2.45, 2.75) is 19.2 Å². The predicted molar refractivity (Wildman–Crippen MR) is 63.0 cm³/mol. The number of carbonyl (C=O) groups excluding carboxylic acids is 1. The highest BCUT2D eigenvalue weighted by Crippen LogP contribution is 2.22. The number of oxime groups is 1. The van der Waals surface area contributed by atoms with Crippen molar-refractivity contribution in [3.05, 3.63) is 29.8 Å². The van der Waals surface area contributed by atoms with E-state index in [-0.39, 0.29) is 18.1 Å². The first-order valence-corrected chi connectivity index (χ1v) is 5.76. The van der Waals surface area contributed by atoms with Crippen molar-refractivity contribution in [1.29, 1.82) is 0 Å². The second-order valence-electron chi connectivity index (χ2n) is 4.04. The Balaban J connectivity index is 1.88. The summed E-state index contributed by atoms with van der Waals surface area (Å²) in [7, 11) is 0. The molecule has 0 spiro atoms.